The number of anilines is 1. The summed E-state index contributed by atoms with van der Waals surface area (Å²) in [5.74, 6) is 0. The summed E-state index contributed by atoms with van der Waals surface area (Å²) in [5, 5.41) is 0.115. The Kier molecular flexibility index (Phi) is 6.77. The van der Waals surface area contributed by atoms with Crippen LogP contribution in [0.5, 0.6) is 0 Å². The fourth-order valence-corrected chi connectivity index (χ4v) is 3.47. The van der Waals surface area contributed by atoms with Crippen molar-refractivity contribution in [3.05, 3.63) is 24.0 Å². The van der Waals surface area contributed by atoms with E-state index in [0.717, 1.165) is 5.69 Å². The van der Waals surface area contributed by atoms with Crippen LogP contribution in [-0.4, -0.2) is 28.9 Å². The number of hydrogen-bond donors (Lipinski definition) is 2. The molecule has 0 radical (unpaired) electrons. The van der Waals surface area contributed by atoms with Gasteiger partial charge in [-0.05, 0) is 51.0 Å². The highest BCUT2D eigenvalue weighted by molar-refractivity contribution is 7.84. The Labute approximate surface area is 150 Å². The molecule has 24 heavy (non-hydrogen) atoms. The van der Waals surface area contributed by atoms with Crippen molar-refractivity contribution in [2.45, 2.75) is 70.5 Å². The summed E-state index contributed by atoms with van der Waals surface area (Å²) < 4.78 is 21.7. The van der Waals surface area contributed by atoms with Crippen molar-refractivity contribution in [2.75, 3.05) is 12.3 Å². The number of nitrogens with one attached hydrogen (secondary N) is 1. The van der Waals surface area contributed by atoms with Gasteiger partial charge in [0.05, 0.1) is 34.1 Å². The lowest BCUT2D eigenvalue weighted by atomic mass is 10.2. The predicted molar refractivity (Wildman–Crippen MR) is 106 cm³/mol. The number of rotatable bonds is 6. The lowest BCUT2D eigenvalue weighted by Gasteiger charge is -2.37. The van der Waals surface area contributed by atoms with Crippen molar-refractivity contribution >= 4 is 25.0 Å². The van der Waals surface area contributed by atoms with E-state index in [-0.39, 0.29) is 15.8 Å². The number of hydrogen-bond acceptors (Lipinski definition) is 4. The van der Waals surface area contributed by atoms with Crippen LogP contribution in [0.15, 0.2) is 18.3 Å². The largest absolute Gasteiger partial charge is 0.415 e. The van der Waals surface area contributed by atoms with Crippen LogP contribution < -0.4 is 10.5 Å². The zero-order valence-corrected chi connectivity index (χ0v) is 18.1. The van der Waals surface area contributed by atoms with Gasteiger partial charge in [0.15, 0.2) is 8.32 Å². The fraction of sp³-hybridized carbons (Fsp3) is 0.706. The zero-order valence-electron chi connectivity index (χ0n) is 16.3. The molecular weight excluding hydrogens is 338 g/mol. The van der Waals surface area contributed by atoms with Crippen LogP contribution in [0.4, 0.5) is 5.69 Å². The van der Waals surface area contributed by atoms with Crippen LogP contribution in [0.25, 0.3) is 0 Å². The minimum atomic E-state index is -1.91. The maximum atomic E-state index is 12.6. The third-order valence-corrected chi connectivity index (χ3v) is 10.5. The van der Waals surface area contributed by atoms with Gasteiger partial charge in [-0.1, -0.05) is 20.8 Å². The normalized spacial score (nSPS) is 16.0. The van der Waals surface area contributed by atoms with Gasteiger partial charge in [0.2, 0.25) is 0 Å². The third-order valence-electron chi connectivity index (χ3n) is 4.38. The van der Waals surface area contributed by atoms with Gasteiger partial charge >= 0.3 is 0 Å². The van der Waals surface area contributed by atoms with Crippen molar-refractivity contribution in [3.63, 3.8) is 0 Å². The molecule has 0 aliphatic carbocycles. The van der Waals surface area contributed by atoms with Gasteiger partial charge in [0, 0.05) is 11.9 Å². The fourth-order valence-electron chi connectivity index (χ4n) is 1.65. The van der Waals surface area contributed by atoms with Crippen LogP contribution in [0.3, 0.4) is 0 Å². The first kappa shape index (κ1) is 21.3. The molecule has 5 nitrogen and oxygen atoms in total. The Morgan fingerprint density at radius 1 is 1.29 bits per heavy atom. The highest BCUT2D eigenvalue weighted by Crippen LogP contribution is 2.37. The molecule has 0 aliphatic heterocycles. The smallest absolute Gasteiger partial charge is 0.192 e. The van der Waals surface area contributed by atoms with Gasteiger partial charge in [-0.2, -0.15) is 0 Å². The first-order chi connectivity index (χ1) is 10.7. The van der Waals surface area contributed by atoms with Crippen molar-refractivity contribution in [1.82, 2.24) is 9.71 Å². The highest BCUT2D eigenvalue weighted by atomic mass is 32.2. The molecule has 0 bridgehead atoms. The summed E-state index contributed by atoms with van der Waals surface area (Å²) in [7, 11) is -3.13. The van der Waals surface area contributed by atoms with Crippen molar-refractivity contribution < 1.29 is 8.63 Å². The standard InChI is InChI=1S/C17H33N3O2SSi/c1-16(2,3)23(21)20-15(14-11-13(18)9-10-19-14)12-22-24(7,8)17(4,5)6/h9-11,15,20H,12H2,1-8H3,(H2,18,19). The number of pyridine rings is 1. The van der Waals surface area contributed by atoms with Gasteiger partial charge in [-0.25, -0.2) is 8.93 Å². The molecule has 2 atom stereocenters. The molecule has 7 heteroatoms. The molecule has 0 saturated carbocycles. The molecule has 1 heterocycles. The summed E-state index contributed by atoms with van der Waals surface area (Å²) in [6, 6.07) is 3.30. The maximum absolute atomic E-state index is 12.6. The zero-order chi connectivity index (χ0) is 18.8. The second kappa shape index (κ2) is 7.64. The number of nitrogen functional groups attached to an aromatic ring is 1. The first-order valence-corrected chi connectivity index (χ1v) is 12.3. The summed E-state index contributed by atoms with van der Waals surface area (Å²) in [6.07, 6.45) is 1.67. The number of aromatic nitrogens is 1. The molecule has 0 fully saturated rings. The van der Waals surface area contributed by atoms with Crippen molar-refractivity contribution in [3.8, 4) is 0 Å². The van der Waals surface area contributed by atoms with E-state index in [1.807, 2.05) is 26.8 Å². The molecule has 138 valence electrons. The lowest BCUT2D eigenvalue weighted by Crippen LogP contribution is -2.44. The Balaban J connectivity index is 3.00. The van der Waals surface area contributed by atoms with Crippen LogP contribution in [0.1, 0.15) is 53.3 Å². The van der Waals surface area contributed by atoms with Gasteiger partial charge in [-0.3, -0.25) is 4.98 Å². The molecule has 0 aromatic carbocycles. The second-order valence-corrected chi connectivity index (χ2v) is 15.4. The number of nitrogens with two attached hydrogens (primary N) is 1. The minimum Gasteiger partial charge on any atom is -0.415 e. The first-order valence-electron chi connectivity index (χ1n) is 8.27. The molecule has 0 amide bonds. The van der Waals surface area contributed by atoms with E-state index in [4.69, 9.17) is 10.2 Å². The summed E-state index contributed by atoms with van der Waals surface area (Å²) in [6.45, 7) is 17.3. The van der Waals surface area contributed by atoms with Crippen LogP contribution in [-0.2, 0) is 15.4 Å². The molecular formula is C17H33N3O2SSi. The summed E-state index contributed by atoms with van der Waals surface area (Å²) in [5.41, 5.74) is 7.28. The Hall–Kier alpha value is -0.763. The van der Waals surface area contributed by atoms with E-state index in [2.05, 4.69) is 43.6 Å². The summed E-state index contributed by atoms with van der Waals surface area (Å²) in [4.78, 5) is 4.40. The predicted octanol–water partition coefficient (Wildman–Crippen LogP) is 3.78. The van der Waals surface area contributed by atoms with Crippen LogP contribution >= 0.6 is 0 Å². The Morgan fingerprint density at radius 3 is 2.33 bits per heavy atom. The second-order valence-electron chi connectivity index (χ2n) is 8.64. The maximum Gasteiger partial charge on any atom is 0.192 e. The van der Waals surface area contributed by atoms with Gasteiger partial charge in [0.1, 0.15) is 0 Å². The topological polar surface area (TPSA) is 77.2 Å². The van der Waals surface area contributed by atoms with Crippen LogP contribution in [0.2, 0.25) is 18.1 Å². The van der Waals surface area contributed by atoms with Gasteiger partial charge in [-0.15, -0.1) is 0 Å². The lowest BCUT2D eigenvalue weighted by molar-refractivity contribution is 0.255. The molecule has 0 aliphatic rings. The van der Waals surface area contributed by atoms with Crippen molar-refractivity contribution in [2.24, 2.45) is 0 Å². The quantitative estimate of drug-likeness (QED) is 0.746. The summed E-state index contributed by atoms with van der Waals surface area (Å²) >= 11 is 0. The highest BCUT2D eigenvalue weighted by Gasteiger charge is 2.38. The minimum absolute atomic E-state index is 0.115. The van der Waals surface area contributed by atoms with E-state index >= 15 is 0 Å². The van der Waals surface area contributed by atoms with Gasteiger partial charge < -0.3 is 10.2 Å². The molecule has 0 spiro atoms. The Bertz CT molecular complexity index is 580. The molecule has 1 aromatic heterocycles. The van der Waals surface area contributed by atoms with E-state index in [9.17, 15) is 4.21 Å². The molecule has 1 rings (SSSR count). The third kappa shape index (κ3) is 5.95. The average molecular weight is 372 g/mol. The monoisotopic (exact) mass is 371 g/mol. The van der Waals surface area contributed by atoms with E-state index in [1.165, 1.54) is 0 Å². The molecule has 2 unspecified atom stereocenters. The molecule has 3 N–H and O–H groups in total. The number of nitrogens with zero attached hydrogens (tertiary/aromatic N) is 1. The van der Waals surface area contributed by atoms with Crippen molar-refractivity contribution in [1.29, 1.82) is 0 Å². The molecule has 0 saturated heterocycles. The Morgan fingerprint density at radius 2 is 1.88 bits per heavy atom. The molecule has 1 aromatic rings. The van der Waals surface area contributed by atoms with Crippen LogP contribution in [0, 0.1) is 0 Å². The van der Waals surface area contributed by atoms with E-state index in [1.54, 1.807) is 12.3 Å². The van der Waals surface area contributed by atoms with E-state index < -0.39 is 19.3 Å². The SMILES string of the molecule is CC(C)(C)S(=O)NC(CO[Si](C)(C)C(C)(C)C)c1cc(N)ccn1. The average Bonchev–Trinajstić information content (AvgIpc) is 2.40. The van der Waals surface area contributed by atoms with E-state index in [0.29, 0.717) is 12.3 Å². The van der Waals surface area contributed by atoms with Gasteiger partial charge in [0.25, 0.3) is 0 Å².